The van der Waals surface area contributed by atoms with E-state index in [0.29, 0.717) is 19.3 Å². The molecule has 2 aromatic rings. The van der Waals surface area contributed by atoms with Gasteiger partial charge in [0.1, 0.15) is 17.3 Å². The average molecular weight is 336 g/mol. The van der Waals surface area contributed by atoms with Crippen LogP contribution in [-0.2, 0) is 16.0 Å². The highest BCUT2D eigenvalue weighted by atomic mass is 16.3. The summed E-state index contributed by atoms with van der Waals surface area (Å²) in [6.07, 6.45) is 5.22. The lowest BCUT2D eigenvalue weighted by Gasteiger charge is -2.13. The second-order valence-electron chi connectivity index (χ2n) is 6.06. The molecule has 0 bridgehead atoms. The number of aromatic hydroxyl groups is 1. The van der Waals surface area contributed by atoms with Gasteiger partial charge in [-0.3, -0.25) is 9.59 Å². The van der Waals surface area contributed by atoms with Crippen LogP contribution in [0.4, 0.5) is 0 Å². The number of carbonyl (C=O) groups excluding carboxylic acids is 2. The minimum Gasteiger partial charge on any atom is -0.508 e. The maximum Gasteiger partial charge on any atom is 0.143 e. The number of phenols is 1. The Hall–Kier alpha value is -2.68. The Kier molecular flexibility index (Phi) is 6.70. The first-order valence-electron chi connectivity index (χ1n) is 8.65. The molecular weight excluding hydrogens is 312 g/mol. The third-order valence-corrected chi connectivity index (χ3v) is 4.26. The van der Waals surface area contributed by atoms with Crippen molar-refractivity contribution in [3.63, 3.8) is 0 Å². The topological polar surface area (TPSA) is 54.4 Å². The molecule has 0 spiro atoms. The molecule has 3 nitrogen and oxygen atoms in total. The molecular formula is C22H24O3. The highest BCUT2D eigenvalue weighted by Crippen LogP contribution is 2.17. The van der Waals surface area contributed by atoms with Gasteiger partial charge in [-0.1, -0.05) is 62.4 Å². The van der Waals surface area contributed by atoms with Gasteiger partial charge in [0, 0.05) is 12.8 Å². The number of hydrogen-bond donors (Lipinski definition) is 1. The van der Waals surface area contributed by atoms with E-state index >= 15 is 0 Å². The van der Waals surface area contributed by atoms with Crippen molar-refractivity contribution in [2.45, 2.75) is 33.1 Å². The molecule has 0 aliphatic heterocycles. The smallest absolute Gasteiger partial charge is 0.143 e. The number of rotatable bonds is 8. The fourth-order valence-electron chi connectivity index (χ4n) is 2.68. The van der Waals surface area contributed by atoms with Crippen LogP contribution in [0, 0.1) is 5.92 Å². The maximum absolute atomic E-state index is 12.0. The van der Waals surface area contributed by atoms with Gasteiger partial charge in [-0.2, -0.15) is 0 Å². The van der Waals surface area contributed by atoms with E-state index in [-0.39, 0.29) is 17.3 Å². The zero-order chi connectivity index (χ0) is 18.2. The summed E-state index contributed by atoms with van der Waals surface area (Å²) in [5, 5.41) is 9.29. The lowest BCUT2D eigenvalue weighted by atomic mass is 9.89. The van der Waals surface area contributed by atoms with Crippen LogP contribution in [0.5, 0.6) is 5.75 Å². The van der Waals surface area contributed by atoms with E-state index in [1.54, 1.807) is 26.0 Å². The molecule has 0 amide bonds. The zero-order valence-electron chi connectivity index (χ0n) is 14.7. The van der Waals surface area contributed by atoms with E-state index in [2.05, 4.69) is 0 Å². The molecule has 0 aliphatic carbocycles. The highest BCUT2D eigenvalue weighted by molar-refractivity contribution is 6.02. The summed E-state index contributed by atoms with van der Waals surface area (Å²) in [6.45, 7) is 3.60. The van der Waals surface area contributed by atoms with E-state index in [1.165, 1.54) is 0 Å². The van der Waals surface area contributed by atoms with Crippen molar-refractivity contribution < 1.29 is 14.7 Å². The summed E-state index contributed by atoms with van der Waals surface area (Å²) in [5.41, 5.74) is 3.04. The Labute approximate surface area is 149 Å². The van der Waals surface area contributed by atoms with Crippen molar-refractivity contribution >= 4 is 23.7 Å². The van der Waals surface area contributed by atoms with E-state index in [9.17, 15) is 14.7 Å². The molecule has 0 saturated heterocycles. The molecule has 130 valence electrons. The number of phenolic OH excluding ortho intramolecular Hbond substituents is 1. The predicted octanol–water partition coefficient (Wildman–Crippen LogP) is 4.68. The minimum absolute atomic E-state index is 0.0168. The van der Waals surface area contributed by atoms with Crippen LogP contribution < -0.4 is 0 Å². The van der Waals surface area contributed by atoms with Gasteiger partial charge in [0.15, 0.2) is 0 Å². The first-order valence-corrected chi connectivity index (χ1v) is 8.65. The summed E-state index contributed by atoms with van der Waals surface area (Å²) < 4.78 is 0. The second-order valence-corrected chi connectivity index (χ2v) is 6.06. The van der Waals surface area contributed by atoms with Gasteiger partial charge in [0.05, 0.1) is 5.92 Å². The van der Waals surface area contributed by atoms with Gasteiger partial charge < -0.3 is 5.11 Å². The number of benzene rings is 2. The summed E-state index contributed by atoms with van der Waals surface area (Å²) in [6, 6.07) is 14.9. The Morgan fingerprint density at radius 3 is 1.72 bits per heavy atom. The molecule has 0 aliphatic rings. The summed E-state index contributed by atoms with van der Waals surface area (Å²) in [4.78, 5) is 24.0. The van der Waals surface area contributed by atoms with Crippen molar-refractivity contribution in [2.24, 2.45) is 5.92 Å². The van der Waals surface area contributed by atoms with Crippen LogP contribution in [0.2, 0.25) is 0 Å². The fraction of sp³-hybridized carbons (Fsp3) is 0.273. The van der Waals surface area contributed by atoms with Gasteiger partial charge in [0.2, 0.25) is 0 Å². The standard InChI is InChI=1S/C22H24O3/c1-3-21(24)20(22(25)4-2)15-18-9-7-16(8-10-18)5-6-17-11-13-19(23)14-12-17/h5-14,20,23H,3-4,15H2,1-2H3/b6-5+. The molecule has 0 aromatic heterocycles. The molecule has 2 rings (SSSR count). The third kappa shape index (κ3) is 5.42. The highest BCUT2D eigenvalue weighted by Gasteiger charge is 2.23. The second kappa shape index (κ2) is 8.97. The summed E-state index contributed by atoms with van der Waals surface area (Å²) >= 11 is 0. The van der Waals surface area contributed by atoms with Crippen LogP contribution in [0.1, 0.15) is 43.4 Å². The van der Waals surface area contributed by atoms with Crippen LogP contribution in [-0.4, -0.2) is 16.7 Å². The number of ketones is 2. The van der Waals surface area contributed by atoms with E-state index in [0.717, 1.165) is 16.7 Å². The Morgan fingerprint density at radius 1 is 0.840 bits per heavy atom. The van der Waals surface area contributed by atoms with Crippen molar-refractivity contribution in [1.29, 1.82) is 0 Å². The quantitative estimate of drug-likeness (QED) is 0.562. The normalized spacial score (nSPS) is 11.2. The summed E-state index contributed by atoms with van der Waals surface area (Å²) in [7, 11) is 0. The van der Waals surface area contributed by atoms with Crippen molar-refractivity contribution in [3.8, 4) is 5.75 Å². The van der Waals surface area contributed by atoms with Crippen LogP contribution in [0.25, 0.3) is 12.2 Å². The van der Waals surface area contributed by atoms with Crippen LogP contribution in [0.15, 0.2) is 48.5 Å². The molecule has 0 saturated carbocycles. The van der Waals surface area contributed by atoms with Gasteiger partial charge >= 0.3 is 0 Å². The molecule has 1 N–H and O–H groups in total. The van der Waals surface area contributed by atoms with Crippen molar-refractivity contribution in [2.75, 3.05) is 0 Å². The molecule has 2 aromatic carbocycles. The van der Waals surface area contributed by atoms with Crippen LogP contribution in [0.3, 0.4) is 0 Å². The largest absolute Gasteiger partial charge is 0.508 e. The molecule has 0 atom stereocenters. The monoisotopic (exact) mass is 336 g/mol. The molecule has 0 fully saturated rings. The van der Waals surface area contributed by atoms with E-state index < -0.39 is 5.92 Å². The summed E-state index contributed by atoms with van der Waals surface area (Å²) in [5.74, 6) is -0.237. The minimum atomic E-state index is -0.520. The Morgan fingerprint density at radius 2 is 1.28 bits per heavy atom. The lowest BCUT2D eigenvalue weighted by Crippen LogP contribution is -2.25. The molecule has 0 heterocycles. The Balaban J connectivity index is 2.06. The first-order chi connectivity index (χ1) is 12.0. The molecule has 0 radical (unpaired) electrons. The SMILES string of the molecule is CCC(=O)C(Cc1ccc(/C=C/c2ccc(O)cc2)cc1)C(=O)CC. The van der Waals surface area contributed by atoms with Crippen LogP contribution >= 0.6 is 0 Å². The van der Waals surface area contributed by atoms with Crippen molar-refractivity contribution in [1.82, 2.24) is 0 Å². The predicted molar refractivity (Wildman–Crippen MR) is 101 cm³/mol. The van der Waals surface area contributed by atoms with E-state index in [1.807, 2.05) is 48.6 Å². The van der Waals surface area contributed by atoms with Crippen molar-refractivity contribution in [3.05, 3.63) is 65.2 Å². The van der Waals surface area contributed by atoms with Gasteiger partial charge in [-0.15, -0.1) is 0 Å². The number of hydrogen-bond acceptors (Lipinski definition) is 3. The average Bonchev–Trinajstić information content (AvgIpc) is 2.65. The maximum atomic E-state index is 12.0. The molecule has 0 unspecified atom stereocenters. The first kappa shape index (κ1) is 18.7. The molecule has 25 heavy (non-hydrogen) atoms. The third-order valence-electron chi connectivity index (χ3n) is 4.26. The van der Waals surface area contributed by atoms with E-state index in [4.69, 9.17) is 0 Å². The lowest BCUT2D eigenvalue weighted by molar-refractivity contribution is -0.132. The number of carbonyl (C=O) groups is 2. The fourth-order valence-corrected chi connectivity index (χ4v) is 2.68. The number of Topliss-reactive ketones (excluding diaryl/α,β-unsaturated/α-hetero) is 2. The van der Waals surface area contributed by atoms with Gasteiger partial charge in [-0.25, -0.2) is 0 Å². The Bertz CT molecular complexity index is 724. The van der Waals surface area contributed by atoms with Gasteiger partial charge in [0.25, 0.3) is 0 Å². The van der Waals surface area contributed by atoms with Gasteiger partial charge in [-0.05, 0) is 35.2 Å². The zero-order valence-corrected chi connectivity index (χ0v) is 14.7. The molecule has 3 heteroatoms.